The van der Waals surface area contributed by atoms with Crippen LogP contribution >= 0.6 is 11.8 Å². The SMILES string of the molecule is CCCn1cc(/C=C2\SC(=O)N(CC(=O)Nc3cccc4ccccc34)C2=O)c2ccccc21. The van der Waals surface area contributed by atoms with Crippen LogP contribution < -0.4 is 5.32 Å². The van der Waals surface area contributed by atoms with Crippen LogP contribution in [0.15, 0.2) is 77.8 Å². The van der Waals surface area contributed by atoms with Gasteiger partial charge in [-0.1, -0.05) is 61.5 Å². The molecule has 5 rings (SSSR count). The minimum Gasteiger partial charge on any atom is -0.347 e. The van der Waals surface area contributed by atoms with Crippen molar-refractivity contribution in [3.05, 3.63) is 83.4 Å². The monoisotopic (exact) mass is 469 g/mol. The van der Waals surface area contributed by atoms with Gasteiger partial charge in [0.2, 0.25) is 5.91 Å². The third-order valence-corrected chi connectivity index (χ3v) is 6.72. The predicted octanol–water partition coefficient (Wildman–Crippen LogP) is 5.88. The second-order valence-electron chi connectivity index (χ2n) is 8.14. The Hall–Kier alpha value is -3.84. The number of thioether (sulfide) groups is 1. The molecule has 1 aliphatic heterocycles. The van der Waals surface area contributed by atoms with Crippen molar-refractivity contribution in [1.29, 1.82) is 0 Å². The van der Waals surface area contributed by atoms with Crippen LogP contribution in [0.3, 0.4) is 0 Å². The molecular formula is C27H23N3O3S. The Morgan fingerprint density at radius 1 is 0.971 bits per heavy atom. The van der Waals surface area contributed by atoms with Gasteiger partial charge in [0.15, 0.2) is 0 Å². The average Bonchev–Trinajstić information content (AvgIpc) is 3.32. The van der Waals surface area contributed by atoms with Gasteiger partial charge >= 0.3 is 0 Å². The van der Waals surface area contributed by atoms with E-state index in [1.54, 1.807) is 12.1 Å². The van der Waals surface area contributed by atoms with E-state index in [1.165, 1.54) is 0 Å². The lowest BCUT2D eigenvalue weighted by Gasteiger charge is -2.13. The van der Waals surface area contributed by atoms with E-state index in [-0.39, 0.29) is 6.54 Å². The standard InChI is InChI=1S/C27H23N3O3S/c1-2-14-29-16-19(21-11-5-6-13-23(21)29)15-24-26(32)30(27(33)34-24)17-25(31)28-22-12-7-9-18-8-3-4-10-20(18)22/h3-13,15-16H,2,14,17H2,1H3,(H,28,31)/b24-15-. The number of rotatable bonds is 6. The lowest BCUT2D eigenvalue weighted by Crippen LogP contribution is -2.36. The number of hydrogen-bond acceptors (Lipinski definition) is 4. The van der Waals surface area contributed by atoms with E-state index in [4.69, 9.17) is 0 Å². The third-order valence-electron chi connectivity index (χ3n) is 5.81. The summed E-state index contributed by atoms with van der Waals surface area (Å²) in [4.78, 5) is 39.7. The molecule has 3 amide bonds. The zero-order valence-corrected chi connectivity index (χ0v) is 19.5. The molecule has 0 radical (unpaired) electrons. The molecular weight excluding hydrogens is 446 g/mol. The maximum Gasteiger partial charge on any atom is 0.294 e. The fourth-order valence-corrected chi connectivity index (χ4v) is 5.09. The highest BCUT2D eigenvalue weighted by molar-refractivity contribution is 8.18. The second-order valence-corrected chi connectivity index (χ2v) is 9.13. The van der Waals surface area contributed by atoms with E-state index >= 15 is 0 Å². The number of anilines is 1. The highest BCUT2D eigenvalue weighted by atomic mass is 32.2. The number of amides is 3. The topological polar surface area (TPSA) is 71.4 Å². The number of aryl methyl sites for hydroxylation is 1. The van der Waals surface area contributed by atoms with E-state index in [2.05, 4.69) is 16.8 Å². The molecule has 0 bridgehead atoms. The Labute approximate surface area is 201 Å². The Kier molecular flexibility index (Phi) is 5.94. The zero-order valence-electron chi connectivity index (χ0n) is 18.7. The molecule has 2 heterocycles. The van der Waals surface area contributed by atoms with Crippen molar-refractivity contribution in [3.63, 3.8) is 0 Å². The normalized spacial score (nSPS) is 15.1. The molecule has 1 aromatic heterocycles. The number of nitrogens with zero attached hydrogens (tertiary/aromatic N) is 2. The minimum atomic E-state index is -0.449. The van der Waals surface area contributed by atoms with E-state index in [0.29, 0.717) is 10.6 Å². The van der Waals surface area contributed by atoms with Crippen molar-refractivity contribution in [2.45, 2.75) is 19.9 Å². The summed E-state index contributed by atoms with van der Waals surface area (Å²) in [7, 11) is 0. The summed E-state index contributed by atoms with van der Waals surface area (Å²) in [5.74, 6) is -0.866. The number of para-hydroxylation sites is 1. The number of hydrogen-bond donors (Lipinski definition) is 1. The predicted molar refractivity (Wildman–Crippen MR) is 137 cm³/mol. The van der Waals surface area contributed by atoms with Gasteiger partial charge in [0, 0.05) is 40.3 Å². The number of fused-ring (bicyclic) bond motifs is 2. The Morgan fingerprint density at radius 2 is 1.71 bits per heavy atom. The number of benzene rings is 3. The van der Waals surface area contributed by atoms with Gasteiger partial charge in [0.25, 0.3) is 11.1 Å². The number of imide groups is 1. The highest BCUT2D eigenvalue weighted by Gasteiger charge is 2.36. The van der Waals surface area contributed by atoms with E-state index in [0.717, 1.165) is 56.9 Å². The first-order valence-corrected chi connectivity index (χ1v) is 12.0. The summed E-state index contributed by atoms with van der Waals surface area (Å²) < 4.78 is 2.16. The van der Waals surface area contributed by atoms with Crippen molar-refractivity contribution < 1.29 is 14.4 Å². The first-order valence-electron chi connectivity index (χ1n) is 11.2. The molecule has 0 spiro atoms. The first kappa shape index (κ1) is 22.0. The first-order chi connectivity index (χ1) is 16.5. The molecule has 0 unspecified atom stereocenters. The zero-order chi connectivity index (χ0) is 23.7. The Balaban J connectivity index is 1.36. The molecule has 170 valence electrons. The van der Waals surface area contributed by atoms with Gasteiger partial charge in [-0.15, -0.1) is 0 Å². The van der Waals surface area contributed by atoms with E-state index in [9.17, 15) is 14.4 Å². The lowest BCUT2D eigenvalue weighted by molar-refractivity contribution is -0.127. The van der Waals surface area contributed by atoms with Crippen LogP contribution in [0.5, 0.6) is 0 Å². The van der Waals surface area contributed by atoms with Crippen molar-refractivity contribution >= 4 is 62.3 Å². The van der Waals surface area contributed by atoms with Gasteiger partial charge in [0.05, 0.1) is 4.91 Å². The summed E-state index contributed by atoms with van der Waals surface area (Å²) in [6.07, 6.45) is 4.75. The van der Waals surface area contributed by atoms with Gasteiger partial charge in [-0.25, -0.2) is 0 Å². The van der Waals surface area contributed by atoms with Crippen LogP contribution in [-0.2, 0) is 16.1 Å². The highest BCUT2D eigenvalue weighted by Crippen LogP contribution is 2.34. The summed E-state index contributed by atoms with van der Waals surface area (Å²) in [6.45, 7) is 2.65. The molecule has 1 saturated heterocycles. The Bertz CT molecular complexity index is 1470. The van der Waals surface area contributed by atoms with Crippen LogP contribution in [0, 0.1) is 0 Å². The van der Waals surface area contributed by atoms with Crippen molar-refractivity contribution in [3.8, 4) is 0 Å². The molecule has 0 saturated carbocycles. The third kappa shape index (κ3) is 4.10. The summed E-state index contributed by atoms with van der Waals surface area (Å²) in [5.41, 5.74) is 2.62. The largest absolute Gasteiger partial charge is 0.347 e. The van der Waals surface area contributed by atoms with Gasteiger partial charge in [0.1, 0.15) is 6.54 Å². The number of nitrogens with one attached hydrogen (secondary N) is 1. The van der Waals surface area contributed by atoms with Crippen LogP contribution in [0.2, 0.25) is 0 Å². The lowest BCUT2D eigenvalue weighted by atomic mass is 10.1. The van der Waals surface area contributed by atoms with Crippen molar-refractivity contribution in [2.75, 3.05) is 11.9 Å². The van der Waals surface area contributed by atoms with Gasteiger partial charge in [-0.2, -0.15) is 0 Å². The van der Waals surface area contributed by atoms with Gasteiger partial charge in [-0.3, -0.25) is 19.3 Å². The molecule has 0 atom stereocenters. The van der Waals surface area contributed by atoms with Crippen LogP contribution in [0.1, 0.15) is 18.9 Å². The molecule has 7 heteroatoms. The molecule has 0 aliphatic carbocycles. The smallest absolute Gasteiger partial charge is 0.294 e. The molecule has 1 aliphatic rings. The van der Waals surface area contributed by atoms with E-state index in [1.807, 2.05) is 66.9 Å². The summed E-state index contributed by atoms with van der Waals surface area (Å²) in [5, 5.41) is 5.32. The quantitative estimate of drug-likeness (QED) is 0.358. The molecule has 34 heavy (non-hydrogen) atoms. The number of carbonyl (C=O) groups is 3. The number of aromatic nitrogens is 1. The summed E-state index contributed by atoms with van der Waals surface area (Å²) in [6, 6.07) is 21.3. The van der Waals surface area contributed by atoms with Crippen LogP contribution in [0.25, 0.3) is 27.8 Å². The van der Waals surface area contributed by atoms with E-state index < -0.39 is 17.1 Å². The molecule has 1 N–H and O–H groups in total. The molecule has 4 aromatic rings. The van der Waals surface area contributed by atoms with Gasteiger partial charge < -0.3 is 9.88 Å². The maximum atomic E-state index is 13.0. The van der Waals surface area contributed by atoms with Crippen molar-refractivity contribution in [1.82, 2.24) is 9.47 Å². The van der Waals surface area contributed by atoms with Crippen LogP contribution in [-0.4, -0.2) is 33.1 Å². The Morgan fingerprint density at radius 3 is 2.53 bits per heavy atom. The fraction of sp³-hybridized carbons (Fsp3) is 0.148. The van der Waals surface area contributed by atoms with Crippen LogP contribution in [0.4, 0.5) is 10.5 Å². The average molecular weight is 470 g/mol. The number of carbonyl (C=O) groups excluding carboxylic acids is 3. The van der Waals surface area contributed by atoms with Crippen molar-refractivity contribution in [2.24, 2.45) is 0 Å². The minimum absolute atomic E-state index is 0.322. The fourth-order valence-electron chi connectivity index (χ4n) is 4.26. The molecule has 6 nitrogen and oxygen atoms in total. The summed E-state index contributed by atoms with van der Waals surface area (Å²) >= 11 is 0.868. The molecule has 1 fully saturated rings. The second kappa shape index (κ2) is 9.19. The van der Waals surface area contributed by atoms with Gasteiger partial charge in [-0.05, 0) is 41.8 Å². The molecule has 3 aromatic carbocycles. The maximum absolute atomic E-state index is 13.0.